The number of nitrogens with zero attached hydrogens (tertiary/aromatic N) is 1. The van der Waals surface area contributed by atoms with E-state index in [1.165, 1.54) is 0 Å². The molecule has 0 saturated heterocycles. The molecule has 1 heterocycles. The lowest BCUT2D eigenvalue weighted by Crippen LogP contribution is -1.80. The summed E-state index contributed by atoms with van der Waals surface area (Å²) >= 11 is 16.7. The van der Waals surface area contributed by atoms with Gasteiger partial charge in [0.25, 0.3) is 0 Å². The Hall–Kier alpha value is -0.420. The molecule has 4 heteroatoms. The summed E-state index contributed by atoms with van der Waals surface area (Å²) in [7, 11) is 0. The van der Waals surface area contributed by atoms with Gasteiger partial charge in [0.05, 0.1) is 10.9 Å². The molecule has 0 fully saturated rings. The molecule has 1 rings (SSSR count). The van der Waals surface area contributed by atoms with E-state index in [-0.39, 0.29) is 5.15 Å². The molecule has 0 aliphatic carbocycles. The van der Waals surface area contributed by atoms with E-state index >= 15 is 0 Å². The number of rotatable bonds is 0. The van der Waals surface area contributed by atoms with Gasteiger partial charge in [0.2, 0.25) is 0 Å². The van der Waals surface area contributed by atoms with E-state index in [0.717, 1.165) is 0 Å². The number of aromatic nitrogens is 1. The van der Waals surface area contributed by atoms with Crippen molar-refractivity contribution in [2.75, 3.05) is 5.88 Å². The van der Waals surface area contributed by atoms with Crippen LogP contribution >= 0.6 is 34.8 Å². The van der Waals surface area contributed by atoms with Crippen LogP contribution in [0.5, 0.6) is 0 Å². The van der Waals surface area contributed by atoms with E-state index < -0.39 is 0 Å². The van der Waals surface area contributed by atoms with Crippen LogP contribution in [0.4, 0.5) is 0 Å². The smallest absolute Gasteiger partial charge is 0.147 e. The van der Waals surface area contributed by atoms with E-state index in [1.54, 1.807) is 12.3 Å². The monoisotopic (exact) mass is 219 g/mol. The lowest BCUT2D eigenvalue weighted by atomic mass is 10.3. The Morgan fingerprint density at radius 2 is 2.17 bits per heavy atom. The molecular weight excluding hydrogens is 216 g/mol. The Bertz CT molecular complexity index is 338. The lowest BCUT2D eigenvalue weighted by Gasteiger charge is -1.93. The van der Waals surface area contributed by atoms with Gasteiger partial charge in [-0.25, -0.2) is 4.98 Å². The minimum Gasteiger partial charge on any atom is -0.242 e. The maximum absolute atomic E-state index is 5.70. The van der Waals surface area contributed by atoms with Crippen molar-refractivity contribution >= 4 is 34.8 Å². The average Bonchev–Trinajstić information content (AvgIpc) is 2.07. The van der Waals surface area contributed by atoms with Gasteiger partial charge in [-0.15, -0.1) is 11.6 Å². The van der Waals surface area contributed by atoms with E-state index in [0.29, 0.717) is 16.5 Å². The maximum Gasteiger partial charge on any atom is 0.147 e. The second-order valence-electron chi connectivity index (χ2n) is 1.93. The molecule has 62 valence electrons. The van der Waals surface area contributed by atoms with E-state index in [1.807, 2.05) is 0 Å². The first-order valence-corrected chi connectivity index (χ1v) is 4.39. The van der Waals surface area contributed by atoms with Gasteiger partial charge in [0, 0.05) is 11.8 Å². The fourth-order valence-electron chi connectivity index (χ4n) is 0.625. The predicted molar refractivity (Wildman–Crippen MR) is 51.9 cm³/mol. The number of halogens is 3. The summed E-state index contributed by atoms with van der Waals surface area (Å²) in [5, 5.41) is 0.686. The zero-order valence-electron chi connectivity index (χ0n) is 5.94. The minimum atomic E-state index is 0.285. The van der Waals surface area contributed by atoms with Crippen molar-refractivity contribution in [3.8, 4) is 11.8 Å². The SMILES string of the molecule is ClCC#Cc1cnc(Cl)c(Cl)c1. The van der Waals surface area contributed by atoms with Gasteiger partial charge in [-0.05, 0) is 6.07 Å². The zero-order chi connectivity index (χ0) is 8.97. The van der Waals surface area contributed by atoms with E-state index in [2.05, 4.69) is 16.8 Å². The normalized spacial score (nSPS) is 8.92. The summed E-state index contributed by atoms with van der Waals surface area (Å²) in [6.07, 6.45) is 1.55. The molecule has 0 spiro atoms. The molecular formula is C8H4Cl3N. The number of hydrogen-bond acceptors (Lipinski definition) is 1. The summed E-state index contributed by atoms with van der Waals surface area (Å²) in [5.41, 5.74) is 0.713. The molecule has 0 radical (unpaired) electrons. The highest BCUT2D eigenvalue weighted by molar-refractivity contribution is 6.41. The van der Waals surface area contributed by atoms with Crippen molar-refractivity contribution in [1.29, 1.82) is 0 Å². The van der Waals surface area contributed by atoms with E-state index in [9.17, 15) is 0 Å². The fourth-order valence-corrected chi connectivity index (χ4v) is 0.962. The predicted octanol–water partition coefficient (Wildman–Crippen LogP) is 2.98. The topological polar surface area (TPSA) is 12.9 Å². The standard InChI is InChI=1S/C8H4Cl3N/c9-3-1-2-6-4-7(10)8(11)12-5-6/h4-5H,3H2. The van der Waals surface area contributed by atoms with Crippen LogP contribution in [0.15, 0.2) is 12.3 Å². The molecule has 1 aromatic rings. The highest BCUT2D eigenvalue weighted by atomic mass is 35.5. The van der Waals surface area contributed by atoms with Crippen LogP contribution in [0.3, 0.4) is 0 Å². The Kier molecular flexibility index (Phi) is 3.68. The van der Waals surface area contributed by atoms with Crippen molar-refractivity contribution in [3.63, 3.8) is 0 Å². The molecule has 0 bridgehead atoms. The first-order chi connectivity index (χ1) is 5.74. The van der Waals surface area contributed by atoms with Crippen LogP contribution in [0.2, 0.25) is 10.2 Å². The van der Waals surface area contributed by atoms with Crippen molar-refractivity contribution in [3.05, 3.63) is 28.0 Å². The number of alkyl halides is 1. The fraction of sp³-hybridized carbons (Fsp3) is 0.125. The second-order valence-corrected chi connectivity index (χ2v) is 2.96. The van der Waals surface area contributed by atoms with Gasteiger partial charge < -0.3 is 0 Å². The van der Waals surface area contributed by atoms with Crippen LogP contribution in [0.25, 0.3) is 0 Å². The molecule has 0 N–H and O–H groups in total. The third-order valence-corrected chi connectivity index (χ3v) is 1.92. The van der Waals surface area contributed by atoms with Crippen molar-refractivity contribution < 1.29 is 0 Å². The lowest BCUT2D eigenvalue weighted by molar-refractivity contribution is 1.31. The van der Waals surface area contributed by atoms with Crippen molar-refractivity contribution in [2.24, 2.45) is 0 Å². The zero-order valence-corrected chi connectivity index (χ0v) is 8.21. The molecule has 0 aliphatic rings. The summed E-state index contributed by atoms with van der Waals surface area (Å²) in [5.74, 6) is 5.75. The molecule has 12 heavy (non-hydrogen) atoms. The average molecular weight is 220 g/mol. The highest BCUT2D eigenvalue weighted by Gasteiger charge is 1.97. The third-order valence-electron chi connectivity index (χ3n) is 1.10. The van der Waals surface area contributed by atoms with Crippen LogP contribution in [0.1, 0.15) is 5.56 Å². The van der Waals surface area contributed by atoms with Crippen molar-refractivity contribution in [1.82, 2.24) is 4.98 Å². The summed E-state index contributed by atoms with van der Waals surface area (Å²) < 4.78 is 0. The van der Waals surface area contributed by atoms with Crippen LogP contribution in [0, 0.1) is 11.8 Å². The quantitative estimate of drug-likeness (QED) is 0.372. The van der Waals surface area contributed by atoms with Gasteiger partial charge >= 0.3 is 0 Å². The summed E-state index contributed by atoms with van der Waals surface area (Å²) in [4.78, 5) is 3.82. The van der Waals surface area contributed by atoms with Gasteiger partial charge in [0.1, 0.15) is 5.15 Å². The largest absolute Gasteiger partial charge is 0.242 e. The van der Waals surface area contributed by atoms with Crippen LogP contribution in [-0.4, -0.2) is 10.9 Å². The molecule has 0 unspecified atom stereocenters. The summed E-state index contributed by atoms with van der Waals surface area (Å²) in [6.45, 7) is 0. The van der Waals surface area contributed by atoms with Gasteiger partial charge in [-0.1, -0.05) is 35.0 Å². The Morgan fingerprint density at radius 1 is 1.42 bits per heavy atom. The van der Waals surface area contributed by atoms with Gasteiger partial charge in [-0.3, -0.25) is 0 Å². The van der Waals surface area contributed by atoms with Gasteiger partial charge in [-0.2, -0.15) is 0 Å². The Labute approximate surface area is 85.7 Å². The Morgan fingerprint density at radius 3 is 2.75 bits per heavy atom. The maximum atomic E-state index is 5.70. The number of hydrogen-bond donors (Lipinski definition) is 0. The summed E-state index contributed by atoms with van der Waals surface area (Å²) in [6, 6.07) is 1.65. The second kappa shape index (κ2) is 4.57. The Balaban J connectivity index is 2.97. The van der Waals surface area contributed by atoms with Crippen molar-refractivity contribution in [2.45, 2.75) is 0 Å². The molecule has 0 aromatic carbocycles. The highest BCUT2D eigenvalue weighted by Crippen LogP contribution is 2.18. The first kappa shape index (κ1) is 9.67. The molecule has 0 atom stereocenters. The van der Waals surface area contributed by atoms with E-state index in [4.69, 9.17) is 34.8 Å². The van der Waals surface area contributed by atoms with Gasteiger partial charge in [0.15, 0.2) is 0 Å². The minimum absolute atomic E-state index is 0.285. The van der Waals surface area contributed by atoms with Crippen LogP contribution < -0.4 is 0 Å². The molecule has 0 aliphatic heterocycles. The van der Waals surface area contributed by atoms with Crippen LogP contribution in [-0.2, 0) is 0 Å². The molecule has 1 nitrogen and oxygen atoms in total. The molecule has 0 saturated carbocycles. The number of pyridine rings is 1. The molecule has 0 amide bonds. The molecule has 1 aromatic heterocycles. The first-order valence-electron chi connectivity index (χ1n) is 3.10. The third kappa shape index (κ3) is 2.57.